The van der Waals surface area contributed by atoms with E-state index in [1.807, 2.05) is 0 Å². The Labute approximate surface area is 199 Å². The first kappa shape index (κ1) is 25.8. The maximum absolute atomic E-state index is 12.9. The molecule has 182 valence electrons. The summed E-state index contributed by atoms with van der Waals surface area (Å²) in [7, 11) is -5.70. The van der Waals surface area contributed by atoms with Crippen molar-refractivity contribution in [3.8, 4) is 6.07 Å². The Morgan fingerprint density at radius 3 is 2.35 bits per heavy atom. The minimum atomic E-state index is -5.70. The van der Waals surface area contributed by atoms with E-state index in [9.17, 15) is 31.6 Å². The number of hydrogen-bond acceptors (Lipinski definition) is 6. The van der Waals surface area contributed by atoms with Gasteiger partial charge in [0.1, 0.15) is 0 Å². The van der Waals surface area contributed by atoms with E-state index in [1.165, 1.54) is 12.1 Å². The van der Waals surface area contributed by atoms with Crippen molar-refractivity contribution in [2.75, 3.05) is 43.5 Å². The molecule has 0 atom stereocenters. The number of urea groups is 1. The molecule has 34 heavy (non-hydrogen) atoms. The molecule has 0 aliphatic carbocycles. The Bertz CT molecular complexity index is 1210. The van der Waals surface area contributed by atoms with Crippen LogP contribution in [0.5, 0.6) is 0 Å². The van der Waals surface area contributed by atoms with Crippen molar-refractivity contribution < 1.29 is 31.1 Å². The minimum absolute atomic E-state index is 0.203. The van der Waals surface area contributed by atoms with Crippen LogP contribution in [-0.4, -0.2) is 57.7 Å². The first-order valence-corrected chi connectivity index (χ1v) is 11.9. The number of sulfone groups is 1. The largest absolute Gasteiger partial charge is 0.501 e. The van der Waals surface area contributed by atoms with Crippen molar-refractivity contribution in [3.63, 3.8) is 0 Å². The van der Waals surface area contributed by atoms with E-state index in [0.29, 0.717) is 43.5 Å². The third kappa shape index (κ3) is 6.18. The number of morpholine rings is 1. The molecule has 0 unspecified atom stereocenters. The molecular formula is C21H20ClF3N4O4S. The van der Waals surface area contributed by atoms with Crippen LogP contribution in [0.25, 0.3) is 0 Å². The molecule has 0 radical (unpaired) electrons. The second kappa shape index (κ2) is 10.6. The molecule has 2 aromatic carbocycles. The number of ether oxygens (including phenoxy) is 1. The molecule has 0 bridgehead atoms. The smallest absolute Gasteiger partial charge is 0.379 e. The number of alkyl halides is 3. The summed E-state index contributed by atoms with van der Waals surface area (Å²) in [6.07, 6.45) is 0.565. The van der Waals surface area contributed by atoms with Gasteiger partial charge in [-0.25, -0.2) is 13.2 Å². The fourth-order valence-electron chi connectivity index (χ4n) is 3.30. The number of hydrogen-bond donors (Lipinski definition) is 2. The maximum atomic E-state index is 12.9. The average molecular weight is 517 g/mol. The van der Waals surface area contributed by atoms with Crippen LogP contribution in [0.1, 0.15) is 11.1 Å². The van der Waals surface area contributed by atoms with Crippen LogP contribution in [-0.2, 0) is 21.0 Å². The zero-order chi connectivity index (χ0) is 24.9. The van der Waals surface area contributed by atoms with E-state index < -0.39 is 31.3 Å². The Kier molecular flexibility index (Phi) is 8.04. The van der Waals surface area contributed by atoms with Crippen molar-refractivity contribution in [3.05, 3.63) is 52.5 Å². The number of benzene rings is 2. The number of rotatable bonds is 6. The summed E-state index contributed by atoms with van der Waals surface area (Å²) >= 11 is 5.64. The standard InChI is InChI=1S/C21H20ClF3N4O4S/c22-18-4-3-17(12-19(18)34(31,32)21(23,24)25)28-20(30)27-16-2-1-15(13-26)14(11-16)5-6-29-7-9-33-10-8-29/h1-4,11-12H,5-10H2,(H2,27,28,30). The quantitative estimate of drug-likeness (QED) is 0.600. The number of carbonyl (C=O) groups is 1. The van der Waals surface area contributed by atoms with Gasteiger partial charge in [0, 0.05) is 31.0 Å². The normalized spacial score (nSPS) is 14.9. The summed E-state index contributed by atoms with van der Waals surface area (Å²) in [4.78, 5) is 13.4. The highest BCUT2D eigenvalue weighted by atomic mass is 35.5. The van der Waals surface area contributed by atoms with Crippen molar-refractivity contribution >= 4 is 38.8 Å². The van der Waals surface area contributed by atoms with Crippen LogP contribution in [0.15, 0.2) is 41.3 Å². The topological polar surface area (TPSA) is 112 Å². The van der Waals surface area contributed by atoms with E-state index in [-0.39, 0.29) is 5.69 Å². The molecule has 8 nitrogen and oxygen atoms in total. The highest BCUT2D eigenvalue weighted by molar-refractivity contribution is 7.92. The lowest BCUT2D eigenvalue weighted by atomic mass is 10.0. The Morgan fingerprint density at radius 2 is 1.74 bits per heavy atom. The van der Waals surface area contributed by atoms with Gasteiger partial charge >= 0.3 is 11.5 Å². The van der Waals surface area contributed by atoms with E-state index in [0.717, 1.165) is 24.7 Å². The van der Waals surface area contributed by atoms with Gasteiger partial charge in [-0.2, -0.15) is 18.4 Å². The third-order valence-corrected chi connectivity index (χ3v) is 7.04. The Morgan fingerprint density at radius 1 is 1.12 bits per heavy atom. The third-order valence-electron chi connectivity index (χ3n) is 5.07. The van der Waals surface area contributed by atoms with Gasteiger partial charge in [-0.15, -0.1) is 0 Å². The van der Waals surface area contributed by atoms with Crippen molar-refractivity contribution in [2.24, 2.45) is 0 Å². The number of carbonyl (C=O) groups excluding carboxylic acids is 1. The molecule has 1 saturated heterocycles. The van der Waals surface area contributed by atoms with Crippen LogP contribution >= 0.6 is 11.6 Å². The molecule has 2 amide bonds. The zero-order valence-corrected chi connectivity index (χ0v) is 19.2. The van der Waals surface area contributed by atoms with E-state index in [1.54, 1.807) is 12.1 Å². The fourth-order valence-corrected chi connectivity index (χ4v) is 4.57. The maximum Gasteiger partial charge on any atom is 0.501 e. The summed E-state index contributed by atoms with van der Waals surface area (Å²) in [5.41, 5.74) is -4.22. The number of nitriles is 1. The van der Waals surface area contributed by atoms with Crippen LogP contribution in [0, 0.1) is 11.3 Å². The van der Waals surface area contributed by atoms with Crippen molar-refractivity contribution in [2.45, 2.75) is 16.8 Å². The Hall–Kier alpha value is -2.85. The predicted molar refractivity (Wildman–Crippen MR) is 119 cm³/mol. The van der Waals surface area contributed by atoms with Gasteiger partial charge in [-0.05, 0) is 48.4 Å². The van der Waals surface area contributed by atoms with E-state index >= 15 is 0 Å². The number of halogens is 4. The number of anilines is 2. The fraction of sp³-hybridized carbons (Fsp3) is 0.333. The molecule has 1 fully saturated rings. The van der Waals surface area contributed by atoms with Gasteiger partial charge in [0.25, 0.3) is 9.84 Å². The molecule has 0 aromatic heterocycles. The lowest BCUT2D eigenvalue weighted by molar-refractivity contribution is -0.0435. The van der Waals surface area contributed by atoms with Gasteiger partial charge in [0.05, 0.1) is 34.8 Å². The van der Waals surface area contributed by atoms with Crippen molar-refractivity contribution in [1.29, 1.82) is 5.26 Å². The molecule has 3 rings (SSSR count). The summed E-state index contributed by atoms with van der Waals surface area (Å²) in [6.45, 7) is 3.56. The van der Waals surface area contributed by atoms with Crippen LogP contribution in [0.2, 0.25) is 5.02 Å². The lowest BCUT2D eigenvalue weighted by Gasteiger charge is -2.26. The van der Waals surface area contributed by atoms with Crippen LogP contribution in [0.4, 0.5) is 29.3 Å². The molecule has 2 aromatic rings. The first-order valence-electron chi connectivity index (χ1n) is 10.0. The molecular weight excluding hydrogens is 497 g/mol. The second-order valence-corrected chi connectivity index (χ2v) is 9.68. The molecule has 0 saturated carbocycles. The van der Waals surface area contributed by atoms with Gasteiger partial charge in [-0.3, -0.25) is 4.90 Å². The molecule has 0 spiro atoms. The number of nitrogens with zero attached hydrogens (tertiary/aromatic N) is 2. The number of amides is 2. The highest BCUT2D eigenvalue weighted by Crippen LogP contribution is 2.35. The predicted octanol–water partition coefficient (Wildman–Crippen LogP) is 4.02. The molecule has 1 aliphatic heterocycles. The second-order valence-electron chi connectivity index (χ2n) is 7.36. The molecule has 2 N–H and O–H groups in total. The highest BCUT2D eigenvalue weighted by Gasteiger charge is 2.48. The van der Waals surface area contributed by atoms with Gasteiger partial charge in [0.15, 0.2) is 0 Å². The van der Waals surface area contributed by atoms with Gasteiger partial charge in [-0.1, -0.05) is 11.6 Å². The summed E-state index contributed by atoms with van der Waals surface area (Å²) in [5, 5.41) is 13.6. The van der Waals surface area contributed by atoms with Gasteiger partial charge < -0.3 is 15.4 Å². The van der Waals surface area contributed by atoms with Gasteiger partial charge in [0.2, 0.25) is 0 Å². The molecule has 13 heteroatoms. The zero-order valence-electron chi connectivity index (χ0n) is 17.7. The van der Waals surface area contributed by atoms with Crippen molar-refractivity contribution in [1.82, 2.24) is 4.90 Å². The van der Waals surface area contributed by atoms with Crippen LogP contribution < -0.4 is 10.6 Å². The summed E-state index contributed by atoms with van der Waals surface area (Å²) in [5.74, 6) is 0. The molecule has 1 heterocycles. The minimum Gasteiger partial charge on any atom is -0.379 e. The number of nitrogens with one attached hydrogen (secondary N) is 2. The van der Waals surface area contributed by atoms with E-state index in [2.05, 4.69) is 21.6 Å². The monoisotopic (exact) mass is 516 g/mol. The lowest BCUT2D eigenvalue weighted by Crippen LogP contribution is -2.37. The Balaban J connectivity index is 1.71. The first-order chi connectivity index (χ1) is 16.0. The van der Waals surface area contributed by atoms with Crippen LogP contribution in [0.3, 0.4) is 0 Å². The van der Waals surface area contributed by atoms with E-state index in [4.69, 9.17) is 16.3 Å². The average Bonchev–Trinajstić information content (AvgIpc) is 2.79. The SMILES string of the molecule is N#Cc1ccc(NC(=O)Nc2ccc(Cl)c(S(=O)(=O)C(F)(F)F)c2)cc1CCN1CCOCC1. The molecule has 1 aliphatic rings. The summed E-state index contributed by atoms with van der Waals surface area (Å²) in [6, 6.07) is 8.75. The summed E-state index contributed by atoms with van der Waals surface area (Å²) < 4.78 is 67.4.